The molecule has 2 heterocycles. The van der Waals surface area contributed by atoms with E-state index in [4.69, 9.17) is 5.73 Å². The lowest BCUT2D eigenvalue weighted by atomic mass is 9.86. The first kappa shape index (κ1) is 11.5. The third kappa shape index (κ3) is 1.32. The number of hydrogen-bond acceptors (Lipinski definition) is 5. The van der Waals surface area contributed by atoms with E-state index in [2.05, 4.69) is 4.99 Å². The van der Waals surface area contributed by atoms with E-state index in [0.29, 0.717) is 23.8 Å². The molecule has 0 saturated heterocycles. The molecule has 2 aliphatic heterocycles. The predicted molar refractivity (Wildman–Crippen MR) is 69.0 cm³/mol. The van der Waals surface area contributed by atoms with Gasteiger partial charge in [-0.3, -0.25) is 4.99 Å². The summed E-state index contributed by atoms with van der Waals surface area (Å²) in [5, 5.41) is 0. The summed E-state index contributed by atoms with van der Waals surface area (Å²) in [5.74, 6) is 0.626. The van der Waals surface area contributed by atoms with Crippen molar-refractivity contribution in [3.8, 4) is 0 Å². The molecule has 1 unspecified atom stereocenters. The van der Waals surface area contributed by atoms with Gasteiger partial charge < -0.3 is 10.6 Å². The van der Waals surface area contributed by atoms with Gasteiger partial charge in [0.15, 0.2) is 15.8 Å². The summed E-state index contributed by atoms with van der Waals surface area (Å²) >= 11 is 0. The van der Waals surface area contributed by atoms with E-state index in [-0.39, 0.29) is 11.3 Å². The molecular formula is C12H15N3O2S. The standard InChI is InChI=1S/C12H15N3O2S/c1-15-11(13)14-8-12(15)6-7-18(16,17)10-5-3-2-4-9(10)12/h2-5H,6-8H2,1H3,(H2,13,14). The second-order valence-electron chi connectivity index (χ2n) is 4.83. The van der Waals surface area contributed by atoms with Crippen molar-refractivity contribution in [2.75, 3.05) is 19.3 Å². The Hall–Kier alpha value is -1.56. The van der Waals surface area contributed by atoms with Crippen LogP contribution in [0.5, 0.6) is 0 Å². The molecule has 2 aliphatic rings. The Kier molecular flexibility index (Phi) is 2.22. The van der Waals surface area contributed by atoms with Crippen LogP contribution in [0.3, 0.4) is 0 Å². The fourth-order valence-corrected chi connectivity index (χ4v) is 4.53. The van der Waals surface area contributed by atoms with Crippen LogP contribution in [0.1, 0.15) is 12.0 Å². The van der Waals surface area contributed by atoms with Crippen LogP contribution >= 0.6 is 0 Å². The Balaban J connectivity index is 2.23. The number of sulfone groups is 1. The van der Waals surface area contributed by atoms with Crippen molar-refractivity contribution < 1.29 is 8.42 Å². The van der Waals surface area contributed by atoms with Crippen molar-refractivity contribution in [3.05, 3.63) is 29.8 Å². The lowest BCUT2D eigenvalue weighted by Gasteiger charge is -2.41. The number of likely N-dealkylation sites (N-methyl/N-ethyl adjacent to an activating group) is 1. The minimum Gasteiger partial charge on any atom is -0.370 e. The highest BCUT2D eigenvalue weighted by molar-refractivity contribution is 7.91. The van der Waals surface area contributed by atoms with E-state index >= 15 is 0 Å². The summed E-state index contributed by atoms with van der Waals surface area (Å²) < 4.78 is 24.2. The summed E-state index contributed by atoms with van der Waals surface area (Å²) in [6, 6.07) is 7.17. The van der Waals surface area contributed by atoms with Crippen molar-refractivity contribution in [2.24, 2.45) is 10.7 Å². The highest BCUT2D eigenvalue weighted by atomic mass is 32.2. The lowest BCUT2D eigenvalue weighted by Crippen LogP contribution is -2.50. The zero-order valence-corrected chi connectivity index (χ0v) is 10.9. The smallest absolute Gasteiger partial charge is 0.191 e. The van der Waals surface area contributed by atoms with Crippen LogP contribution in [-0.2, 0) is 15.4 Å². The monoisotopic (exact) mass is 265 g/mol. The molecule has 1 aromatic carbocycles. The highest BCUT2D eigenvalue weighted by Gasteiger charge is 2.48. The van der Waals surface area contributed by atoms with Gasteiger partial charge in [0.1, 0.15) is 0 Å². The zero-order chi connectivity index (χ0) is 13.0. The average Bonchev–Trinajstić information content (AvgIpc) is 2.64. The number of nitrogens with zero attached hydrogens (tertiary/aromatic N) is 2. The summed E-state index contributed by atoms with van der Waals surface area (Å²) in [4.78, 5) is 6.59. The third-order valence-corrected chi connectivity index (χ3v) is 5.76. The van der Waals surface area contributed by atoms with E-state index in [9.17, 15) is 8.42 Å². The van der Waals surface area contributed by atoms with Gasteiger partial charge in [-0.15, -0.1) is 0 Å². The first-order valence-corrected chi connectivity index (χ1v) is 7.49. The van der Waals surface area contributed by atoms with E-state index in [1.165, 1.54) is 0 Å². The van der Waals surface area contributed by atoms with Crippen LogP contribution in [0, 0.1) is 0 Å². The van der Waals surface area contributed by atoms with Gasteiger partial charge in [0.25, 0.3) is 0 Å². The maximum absolute atomic E-state index is 12.1. The number of nitrogens with two attached hydrogens (primary N) is 1. The molecule has 0 fully saturated rings. The van der Waals surface area contributed by atoms with Crippen LogP contribution in [0.4, 0.5) is 0 Å². The van der Waals surface area contributed by atoms with E-state index < -0.39 is 9.84 Å². The molecule has 96 valence electrons. The van der Waals surface area contributed by atoms with Crippen molar-refractivity contribution in [1.82, 2.24) is 4.90 Å². The van der Waals surface area contributed by atoms with Crippen molar-refractivity contribution in [3.63, 3.8) is 0 Å². The van der Waals surface area contributed by atoms with Crippen LogP contribution in [-0.4, -0.2) is 38.6 Å². The first-order chi connectivity index (χ1) is 8.47. The number of rotatable bonds is 0. The fraction of sp³-hybridized carbons (Fsp3) is 0.417. The molecule has 18 heavy (non-hydrogen) atoms. The van der Waals surface area contributed by atoms with E-state index in [0.717, 1.165) is 5.56 Å². The Morgan fingerprint density at radius 1 is 1.39 bits per heavy atom. The molecule has 1 atom stereocenters. The zero-order valence-electron chi connectivity index (χ0n) is 10.1. The molecule has 0 saturated carbocycles. The lowest BCUT2D eigenvalue weighted by molar-refractivity contribution is 0.222. The molecule has 0 aliphatic carbocycles. The molecule has 1 aromatic rings. The molecule has 1 spiro atoms. The summed E-state index contributed by atoms with van der Waals surface area (Å²) in [6.45, 7) is 0.530. The molecule has 0 bridgehead atoms. The Morgan fingerprint density at radius 2 is 2.11 bits per heavy atom. The maximum atomic E-state index is 12.1. The number of aliphatic imine (C=N–C) groups is 1. The van der Waals surface area contributed by atoms with E-state index in [1.807, 2.05) is 24.1 Å². The van der Waals surface area contributed by atoms with Gasteiger partial charge in [0.05, 0.1) is 22.7 Å². The highest BCUT2D eigenvalue weighted by Crippen LogP contribution is 2.42. The van der Waals surface area contributed by atoms with Crippen molar-refractivity contribution in [1.29, 1.82) is 0 Å². The minimum absolute atomic E-state index is 0.150. The molecule has 2 N–H and O–H groups in total. The second kappa shape index (κ2) is 3.47. The van der Waals surface area contributed by atoms with Gasteiger partial charge in [-0.25, -0.2) is 8.42 Å². The first-order valence-electron chi connectivity index (χ1n) is 5.83. The number of guanidine groups is 1. The molecule has 3 rings (SSSR count). The van der Waals surface area contributed by atoms with E-state index in [1.54, 1.807) is 12.1 Å². The summed E-state index contributed by atoms with van der Waals surface area (Å²) in [5.41, 5.74) is 6.27. The van der Waals surface area contributed by atoms with Gasteiger partial charge in [0, 0.05) is 7.05 Å². The third-order valence-electron chi connectivity index (χ3n) is 4.00. The number of hydrogen-bond donors (Lipinski definition) is 1. The maximum Gasteiger partial charge on any atom is 0.191 e. The molecule has 5 nitrogen and oxygen atoms in total. The normalized spacial score (nSPS) is 29.2. The quantitative estimate of drug-likeness (QED) is 0.733. The van der Waals surface area contributed by atoms with Gasteiger partial charge in [-0.1, -0.05) is 18.2 Å². The molecule has 0 radical (unpaired) electrons. The fourth-order valence-electron chi connectivity index (χ4n) is 2.83. The number of fused-ring (bicyclic) bond motifs is 2. The van der Waals surface area contributed by atoms with Crippen LogP contribution in [0.2, 0.25) is 0 Å². The van der Waals surface area contributed by atoms with Gasteiger partial charge in [-0.05, 0) is 18.1 Å². The van der Waals surface area contributed by atoms with Crippen LogP contribution < -0.4 is 5.73 Å². The molecular weight excluding hydrogens is 250 g/mol. The Labute approximate surface area is 106 Å². The van der Waals surface area contributed by atoms with Gasteiger partial charge in [0.2, 0.25) is 0 Å². The SMILES string of the molecule is CN1C(N)=NCC12CCS(=O)(=O)c1ccccc12. The largest absolute Gasteiger partial charge is 0.370 e. The molecule has 0 aromatic heterocycles. The topological polar surface area (TPSA) is 75.8 Å². The Bertz CT molecular complexity index is 638. The van der Waals surface area contributed by atoms with Gasteiger partial charge in [-0.2, -0.15) is 0 Å². The average molecular weight is 265 g/mol. The summed E-state index contributed by atoms with van der Waals surface area (Å²) in [7, 11) is -1.29. The molecule has 0 amide bonds. The van der Waals surface area contributed by atoms with Gasteiger partial charge >= 0.3 is 0 Å². The summed E-state index contributed by atoms with van der Waals surface area (Å²) in [6.07, 6.45) is 0.535. The van der Waals surface area contributed by atoms with Crippen LogP contribution in [0.25, 0.3) is 0 Å². The van der Waals surface area contributed by atoms with Crippen LogP contribution in [0.15, 0.2) is 34.2 Å². The minimum atomic E-state index is -3.16. The Morgan fingerprint density at radius 3 is 2.78 bits per heavy atom. The van der Waals surface area contributed by atoms with Crippen molar-refractivity contribution in [2.45, 2.75) is 16.9 Å². The molecule has 6 heteroatoms. The number of benzene rings is 1. The van der Waals surface area contributed by atoms with Crippen molar-refractivity contribution >= 4 is 15.8 Å². The second-order valence-corrected chi connectivity index (χ2v) is 6.91. The predicted octanol–water partition coefficient (Wildman–Crippen LogP) is 0.319.